The fourth-order valence-electron chi connectivity index (χ4n) is 2.91. The van der Waals surface area contributed by atoms with Crippen molar-refractivity contribution in [1.29, 1.82) is 0 Å². The Hall–Kier alpha value is -3.09. The van der Waals surface area contributed by atoms with E-state index in [0.717, 1.165) is 26.0 Å². The number of anilines is 1. The van der Waals surface area contributed by atoms with Crippen molar-refractivity contribution < 1.29 is 15.0 Å². The summed E-state index contributed by atoms with van der Waals surface area (Å²) in [5, 5.41) is 22.1. The molecule has 144 valence electrons. The summed E-state index contributed by atoms with van der Waals surface area (Å²) in [4.78, 5) is 14.3. The van der Waals surface area contributed by atoms with Gasteiger partial charge in [0.25, 0.3) is 5.91 Å². The Morgan fingerprint density at radius 1 is 0.793 bits per heavy atom. The van der Waals surface area contributed by atoms with Gasteiger partial charge in [-0.3, -0.25) is 4.79 Å². The average Bonchev–Trinajstić information content (AvgIpc) is 3.16. The van der Waals surface area contributed by atoms with Crippen LogP contribution in [-0.4, -0.2) is 16.1 Å². The highest BCUT2D eigenvalue weighted by Gasteiger charge is 2.17. The van der Waals surface area contributed by atoms with Gasteiger partial charge >= 0.3 is 0 Å². The maximum Gasteiger partial charge on any atom is 0.265 e. The molecule has 0 atom stereocenters. The van der Waals surface area contributed by atoms with E-state index in [9.17, 15) is 15.0 Å². The van der Waals surface area contributed by atoms with E-state index in [2.05, 4.69) is 21.2 Å². The molecule has 6 heteroatoms. The van der Waals surface area contributed by atoms with Crippen LogP contribution in [0.1, 0.15) is 9.67 Å². The van der Waals surface area contributed by atoms with Crippen molar-refractivity contribution in [2.75, 3.05) is 5.32 Å². The topological polar surface area (TPSA) is 69.6 Å². The first-order chi connectivity index (χ1) is 14.0. The SMILES string of the molecule is O=C(Nc1ccc(Br)cc1)c1cc(-c2ccc(O)cc2)c(-c2ccc(O)cc2)s1. The smallest absolute Gasteiger partial charge is 0.265 e. The summed E-state index contributed by atoms with van der Waals surface area (Å²) in [5.74, 6) is 0.176. The third-order valence-corrected chi connectivity index (χ3v) is 6.08. The zero-order chi connectivity index (χ0) is 20.4. The molecule has 0 aliphatic rings. The van der Waals surface area contributed by atoms with Gasteiger partial charge in [0, 0.05) is 20.6 Å². The van der Waals surface area contributed by atoms with Crippen LogP contribution in [0.4, 0.5) is 5.69 Å². The van der Waals surface area contributed by atoms with E-state index in [4.69, 9.17) is 0 Å². The molecule has 3 aromatic carbocycles. The van der Waals surface area contributed by atoms with E-state index in [1.165, 1.54) is 11.3 Å². The van der Waals surface area contributed by atoms with Gasteiger partial charge in [-0.05, 0) is 77.9 Å². The van der Waals surface area contributed by atoms with Gasteiger partial charge in [-0.2, -0.15) is 0 Å². The maximum atomic E-state index is 12.8. The highest BCUT2D eigenvalue weighted by atomic mass is 79.9. The van der Waals surface area contributed by atoms with E-state index in [0.29, 0.717) is 10.6 Å². The van der Waals surface area contributed by atoms with Crippen LogP contribution in [0.3, 0.4) is 0 Å². The summed E-state index contributed by atoms with van der Waals surface area (Å²) in [6.45, 7) is 0. The van der Waals surface area contributed by atoms with Crippen LogP contribution in [0.15, 0.2) is 83.3 Å². The molecule has 4 nitrogen and oxygen atoms in total. The summed E-state index contributed by atoms with van der Waals surface area (Å²) >= 11 is 4.77. The second-order valence-electron chi connectivity index (χ2n) is 6.41. The fourth-order valence-corrected chi connectivity index (χ4v) is 4.26. The number of thiophene rings is 1. The third kappa shape index (κ3) is 4.34. The van der Waals surface area contributed by atoms with Crippen molar-refractivity contribution in [1.82, 2.24) is 0 Å². The van der Waals surface area contributed by atoms with Gasteiger partial charge in [-0.1, -0.05) is 28.1 Å². The van der Waals surface area contributed by atoms with E-state index < -0.39 is 0 Å². The number of carbonyl (C=O) groups is 1. The molecule has 0 spiro atoms. The fraction of sp³-hybridized carbons (Fsp3) is 0. The highest BCUT2D eigenvalue weighted by Crippen LogP contribution is 2.40. The van der Waals surface area contributed by atoms with Crippen LogP contribution in [0.5, 0.6) is 11.5 Å². The lowest BCUT2D eigenvalue weighted by atomic mass is 10.0. The molecule has 0 bridgehead atoms. The van der Waals surface area contributed by atoms with Gasteiger partial charge in [-0.25, -0.2) is 0 Å². The van der Waals surface area contributed by atoms with Crippen molar-refractivity contribution >= 4 is 38.9 Å². The number of benzene rings is 3. The number of halogens is 1. The largest absolute Gasteiger partial charge is 0.508 e. The molecular weight excluding hydrogens is 450 g/mol. The summed E-state index contributed by atoms with van der Waals surface area (Å²) in [5.41, 5.74) is 3.40. The monoisotopic (exact) mass is 465 g/mol. The van der Waals surface area contributed by atoms with Crippen molar-refractivity contribution in [3.63, 3.8) is 0 Å². The number of aromatic hydroxyl groups is 2. The molecule has 0 unspecified atom stereocenters. The summed E-state index contributed by atoms with van der Waals surface area (Å²) in [7, 11) is 0. The molecule has 1 aromatic heterocycles. The number of hydrogen-bond acceptors (Lipinski definition) is 4. The lowest BCUT2D eigenvalue weighted by Gasteiger charge is -2.05. The lowest BCUT2D eigenvalue weighted by Crippen LogP contribution is -2.09. The van der Waals surface area contributed by atoms with Gasteiger partial charge in [0.2, 0.25) is 0 Å². The normalized spacial score (nSPS) is 10.7. The summed E-state index contributed by atoms with van der Waals surface area (Å²) < 4.78 is 0.941. The van der Waals surface area contributed by atoms with E-state index in [1.54, 1.807) is 24.3 Å². The minimum Gasteiger partial charge on any atom is -0.508 e. The number of phenolic OH excluding ortho intramolecular Hbond substituents is 2. The van der Waals surface area contributed by atoms with Crippen LogP contribution >= 0.6 is 27.3 Å². The number of hydrogen-bond donors (Lipinski definition) is 3. The molecule has 4 rings (SSSR count). The summed E-state index contributed by atoms with van der Waals surface area (Å²) in [6, 6.07) is 23.0. The van der Waals surface area contributed by atoms with Crippen molar-refractivity contribution in [3.05, 3.63) is 88.2 Å². The first kappa shape index (κ1) is 19.2. The molecule has 0 aliphatic heterocycles. The quantitative estimate of drug-likeness (QED) is 0.321. The Bertz CT molecular complexity index is 1090. The second kappa shape index (κ2) is 8.11. The van der Waals surface area contributed by atoms with Crippen molar-refractivity contribution in [2.45, 2.75) is 0 Å². The van der Waals surface area contributed by atoms with Gasteiger partial charge < -0.3 is 15.5 Å². The van der Waals surface area contributed by atoms with E-state index in [1.807, 2.05) is 54.6 Å². The lowest BCUT2D eigenvalue weighted by molar-refractivity contribution is 0.103. The molecule has 0 radical (unpaired) electrons. The second-order valence-corrected chi connectivity index (χ2v) is 8.38. The maximum absolute atomic E-state index is 12.8. The minimum absolute atomic E-state index is 0.184. The van der Waals surface area contributed by atoms with Crippen LogP contribution in [0.2, 0.25) is 0 Å². The molecule has 3 N–H and O–H groups in total. The van der Waals surface area contributed by atoms with Gasteiger partial charge in [0.15, 0.2) is 0 Å². The zero-order valence-corrected chi connectivity index (χ0v) is 17.5. The molecular formula is C23H16BrNO3S. The number of phenols is 2. The number of nitrogens with one attached hydrogen (secondary N) is 1. The molecule has 0 fully saturated rings. The standard InChI is InChI=1S/C23H16BrNO3S/c24-16-5-7-17(8-6-16)25-23(28)21-13-20(14-1-9-18(26)10-2-14)22(29-21)15-3-11-19(27)12-4-15/h1-13,26-27H,(H,25,28). The average molecular weight is 466 g/mol. The van der Waals surface area contributed by atoms with Gasteiger partial charge in [0.05, 0.1) is 4.88 Å². The number of rotatable bonds is 4. The first-order valence-corrected chi connectivity index (χ1v) is 10.4. The van der Waals surface area contributed by atoms with Gasteiger partial charge in [0.1, 0.15) is 11.5 Å². The minimum atomic E-state index is -0.192. The Labute approximate surface area is 180 Å². The van der Waals surface area contributed by atoms with E-state index in [-0.39, 0.29) is 17.4 Å². The Morgan fingerprint density at radius 3 is 1.93 bits per heavy atom. The first-order valence-electron chi connectivity index (χ1n) is 8.79. The Balaban J connectivity index is 1.74. The molecule has 0 aliphatic carbocycles. The van der Waals surface area contributed by atoms with Crippen LogP contribution in [-0.2, 0) is 0 Å². The molecule has 4 aromatic rings. The molecule has 0 saturated heterocycles. The van der Waals surface area contributed by atoms with Crippen LogP contribution < -0.4 is 5.32 Å². The van der Waals surface area contributed by atoms with E-state index >= 15 is 0 Å². The highest BCUT2D eigenvalue weighted by molar-refractivity contribution is 9.10. The summed E-state index contributed by atoms with van der Waals surface area (Å²) in [6.07, 6.45) is 0. The predicted octanol–water partition coefficient (Wildman–Crippen LogP) is 6.51. The van der Waals surface area contributed by atoms with Gasteiger partial charge in [-0.15, -0.1) is 11.3 Å². The number of amides is 1. The zero-order valence-electron chi connectivity index (χ0n) is 15.1. The Morgan fingerprint density at radius 2 is 1.34 bits per heavy atom. The van der Waals surface area contributed by atoms with Crippen LogP contribution in [0, 0.1) is 0 Å². The molecule has 1 amide bonds. The number of carbonyl (C=O) groups excluding carboxylic acids is 1. The molecule has 0 saturated carbocycles. The third-order valence-electron chi connectivity index (χ3n) is 4.37. The Kier molecular flexibility index (Phi) is 5.38. The van der Waals surface area contributed by atoms with Crippen molar-refractivity contribution in [3.8, 4) is 33.1 Å². The molecule has 29 heavy (non-hydrogen) atoms. The predicted molar refractivity (Wildman–Crippen MR) is 121 cm³/mol. The van der Waals surface area contributed by atoms with Crippen molar-refractivity contribution in [2.24, 2.45) is 0 Å². The molecule has 1 heterocycles. The van der Waals surface area contributed by atoms with Crippen LogP contribution in [0.25, 0.3) is 21.6 Å².